The van der Waals surface area contributed by atoms with Crippen LogP contribution in [0.1, 0.15) is 18.1 Å². The Hall–Kier alpha value is -2.47. The number of nitrogens with one attached hydrogen (secondary N) is 1. The molecule has 1 aliphatic heterocycles. The highest BCUT2D eigenvalue weighted by Gasteiger charge is 2.32. The van der Waals surface area contributed by atoms with E-state index in [1.165, 1.54) is 13.0 Å². The number of carbonyl (C=O) groups excluding carboxylic acids is 1. The number of benzene rings is 2. The number of para-hydroxylation sites is 1. The van der Waals surface area contributed by atoms with Crippen LogP contribution in [0, 0.1) is 11.6 Å². The molecule has 0 saturated carbocycles. The van der Waals surface area contributed by atoms with Crippen LogP contribution in [0.5, 0.6) is 5.75 Å². The zero-order valence-corrected chi connectivity index (χ0v) is 13.1. The molecule has 1 amide bonds. The summed E-state index contributed by atoms with van der Waals surface area (Å²) >= 11 is 0. The number of rotatable bonds is 4. The van der Waals surface area contributed by atoms with Crippen LogP contribution in [0.15, 0.2) is 42.5 Å². The van der Waals surface area contributed by atoms with Crippen LogP contribution < -0.4 is 10.1 Å². The van der Waals surface area contributed by atoms with Crippen LogP contribution in [0.2, 0.25) is 0 Å². The molecule has 0 fully saturated rings. The molecule has 4 nitrogen and oxygen atoms in total. The quantitative estimate of drug-likeness (QED) is 0.903. The van der Waals surface area contributed by atoms with Crippen molar-refractivity contribution in [1.29, 1.82) is 0 Å². The maximum Gasteiger partial charge on any atom is 0.261 e. The van der Waals surface area contributed by atoms with E-state index in [1.54, 1.807) is 6.07 Å². The first-order valence-electron chi connectivity index (χ1n) is 7.57. The van der Waals surface area contributed by atoms with Gasteiger partial charge < -0.3 is 15.2 Å². The van der Waals surface area contributed by atoms with Gasteiger partial charge in [-0.3, -0.25) is 4.79 Å². The Morgan fingerprint density at radius 1 is 1.33 bits per heavy atom. The summed E-state index contributed by atoms with van der Waals surface area (Å²) in [7, 11) is 0. The lowest BCUT2D eigenvalue weighted by Gasteiger charge is -2.25. The molecular formula is C18H17F2NO3. The largest absolute Gasteiger partial charge is 0.480 e. The number of hydrogen-bond acceptors (Lipinski definition) is 3. The average Bonchev–Trinajstić information content (AvgIpc) is 2.96. The lowest BCUT2D eigenvalue weighted by molar-refractivity contribution is -0.128. The molecule has 0 saturated heterocycles. The van der Waals surface area contributed by atoms with Gasteiger partial charge in [0.15, 0.2) is 6.10 Å². The maximum atomic E-state index is 13.8. The van der Waals surface area contributed by atoms with Crippen molar-refractivity contribution in [2.24, 2.45) is 0 Å². The average molecular weight is 333 g/mol. The maximum absolute atomic E-state index is 13.8. The second kappa shape index (κ2) is 6.20. The summed E-state index contributed by atoms with van der Waals surface area (Å²) in [6.07, 6.45) is -0.244. The number of carbonyl (C=O) groups is 1. The highest BCUT2D eigenvalue weighted by Crippen LogP contribution is 2.28. The van der Waals surface area contributed by atoms with Gasteiger partial charge in [-0.1, -0.05) is 24.3 Å². The molecule has 0 unspecified atom stereocenters. The van der Waals surface area contributed by atoms with Crippen molar-refractivity contribution >= 4 is 5.91 Å². The Kier molecular flexibility index (Phi) is 4.24. The summed E-state index contributed by atoms with van der Waals surface area (Å²) in [6.45, 7) is 1.14. The van der Waals surface area contributed by atoms with Crippen molar-refractivity contribution in [3.05, 3.63) is 65.2 Å². The van der Waals surface area contributed by atoms with Crippen molar-refractivity contribution in [3.8, 4) is 5.75 Å². The first kappa shape index (κ1) is 16.4. The molecule has 6 heteroatoms. The Bertz CT molecular complexity index is 752. The third-order valence-electron chi connectivity index (χ3n) is 4.06. The highest BCUT2D eigenvalue weighted by molar-refractivity contribution is 5.82. The molecule has 2 aromatic rings. The van der Waals surface area contributed by atoms with Gasteiger partial charge in [0.05, 0.1) is 6.54 Å². The molecule has 126 valence electrons. The van der Waals surface area contributed by atoms with Gasteiger partial charge in [-0.05, 0) is 24.6 Å². The van der Waals surface area contributed by atoms with E-state index in [4.69, 9.17) is 4.74 Å². The van der Waals surface area contributed by atoms with Crippen molar-refractivity contribution in [2.75, 3.05) is 6.54 Å². The predicted molar refractivity (Wildman–Crippen MR) is 83.5 cm³/mol. The molecule has 0 bridgehead atoms. The lowest BCUT2D eigenvalue weighted by Crippen LogP contribution is -2.44. The van der Waals surface area contributed by atoms with E-state index in [0.29, 0.717) is 18.2 Å². The summed E-state index contributed by atoms with van der Waals surface area (Å²) < 4.78 is 32.4. The number of ether oxygens (including phenoxy) is 1. The fourth-order valence-corrected chi connectivity index (χ4v) is 2.72. The fraction of sp³-hybridized carbons (Fsp3) is 0.278. The van der Waals surface area contributed by atoms with E-state index >= 15 is 0 Å². The summed E-state index contributed by atoms with van der Waals surface area (Å²) in [5.41, 5.74) is -0.812. The van der Waals surface area contributed by atoms with E-state index in [9.17, 15) is 18.7 Å². The second-order valence-corrected chi connectivity index (χ2v) is 6.03. The predicted octanol–water partition coefficient (Wildman–Crippen LogP) is 2.29. The SMILES string of the molecule is C[C@](O)(CNC(=O)[C@H]1Cc2ccccc2O1)c1ccc(F)cc1F. The number of hydrogen-bond donors (Lipinski definition) is 2. The third kappa shape index (κ3) is 3.23. The van der Waals surface area contributed by atoms with Gasteiger partial charge in [-0.2, -0.15) is 0 Å². The van der Waals surface area contributed by atoms with Crippen molar-refractivity contribution in [1.82, 2.24) is 5.32 Å². The Balaban J connectivity index is 1.64. The molecule has 0 radical (unpaired) electrons. The summed E-state index contributed by atoms with van der Waals surface area (Å²) in [5, 5.41) is 13.0. The van der Waals surface area contributed by atoms with E-state index in [0.717, 1.165) is 11.6 Å². The number of halogens is 2. The van der Waals surface area contributed by atoms with E-state index in [-0.39, 0.29) is 12.1 Å². The van der Waals surface area contributed by atoms with E-state index in [1.807, 2.05) is 18.2 Å². The van der Waals surface area contributed by atoms with Gasteiger partial charge in [-0.15, -0.1) is 0 Å². The molecule has 24 heavy (non-hydrogen) atoms. The van der Waals surface area contributed by atoms with Gasteiger partial charge >= 0.3 is 0 Å². The summed E-state index contributed by atoms with van der Waals surface area (Å²) in [5.74, 6) is -1.32. The van der Waals surface area contributed by atoms with Crippen molar-refractivity contribution in [3.63, 3.8) is 0 Å². The lowest BCUT2D eigenvalue weighted by atomic mass is 9.95. The molecule has 1 aliphatic rings. The molecule has 0 aromatic heterocycles. The van der Waals surface area contributed by atoms with Crippen LogP contribution in [0.4, 0.5) is 8.78 Å². The summed E-state index contributed by atoms with van der Waals surface area (Å²) in [6, 6.07) is 10.3. The van der Waals surface area contributed by atoms with Gasteiger partial charge in [0, 0.05) is 18.1 Å². The van der Waals surface area contributed by atoms with Crippen LogP contribution in [0.3, 0.4) is 0 Å². The van der Waals surface area contributed by atoms with Crippen molar-refractivity contribution in [2.45, 2.75) is 25.0 Å². The smallest absolute Gasteiger partial charge is 0.261 e. The Morgan fingerprint density at radius 3 is 2.79 bits per heavy atom. The molecule has 2 N–H and O–H groups in total. The van der Waals surface area contributed by atoms with Crippen LogP contribution in [-0.4, -0.2) is 23.7 Å². The minimum Gasteiger partial charge on any atom is -0.480 e. The first-order chi connectivity index (χ1) is 11.4. The summed E-state index contributed by atoms with van der Waals surface area (Å²) in [4.78, 5) is 12.2. The third-order valence-corrected chi connectivity index (χ3v) is 4.06. The van der Waals surface area contributed by atoms with Crippen LogP contribution in [-0.2, 0) is 16.8 Å². The molecule has 2 aromatic carbocycles. The molecule has 3 rings (SSSR count). The number of amides is 1. The number of aliphatic hydroxyl groups is 1. The molecule has 0 spiro atoms. The van der Waals surface area contributed by atoms with E-state index < -0.39 is 29.2 Å². The standard InChI is InChI=1S/C18H17F2NO3/c1-18(23,13-7-6-12(19)9-14(13)20)10-21-17(22)16-8-11-4-2-3-5-15(11)24-16/h2-7,9,16,23H,8,10H2,1H3,(H,21,22)/t16-,18+/m1/s1. The van der Waals surface area contributed by atoms with Crippen LogP contribution >= 0.6 is 0 Å². The normalized spacial score (nSPS) is 18.4. The molecule has 1 heterocycles. The Morgan fingerprint density at radius 2 is 2.08 bits per heavy atom. The molecule has 0 aliphatic carbocycles. The van der Waals surface area contributed by atoms with Crippen LogP contribution in [0.25, 0.3) is 0 Å². The van der Waals surface area contributed by atoms with Crippen molar-refractivity contribution < 1.29 is 23.4 Å². The fourth-order valence-electron chi connectivity index (χ4n) is 2.72. The van der Waals surface area contributed by atoms with E-state index in [2.05, 4.69) is 5.32 Å². The monoisotopic (exact) mass is 333 g/mol. The zero-order chi connectivity index (χ0) is 17.3. The molecule has 2 atom stereocenters. The topological polar surface area (TPSA) is 58.6 Å². The first-order valence-corrected chi connectivity index (χ1v) is 7.57. The zero-order valence-electron chi connectivity index (χ0n) is 13.1. The van der Waals surface area contributed by atoms with Gasteiger partial charge in [0.25, 0.3) is 5.91 Å². The minimum absolute atomic E-state index is 0.0835. The number of fused-ring (bicyclic) bond motifs is 1. The Labute approximate surface area is 138 Å². The van der Waals surface area contributed by atoms with Gasteiger partial charge in [0.1, 0.15) is 23.0 Å². The van der Waals surface area contributed by atoms with Gasteiger partial charge in [0.2, 0.25) is 0 Å². The van der Waals surface area contributed by atoms with Gasteiger partial charge in [-0.25, -0.2) is 8.78 Å². The minimum atomic E-state index is -1.67. The molecular weight excluding hydrogens is 316 g/mol. The highest BCUT2D eigenvalue weighted by atomic mass is 19.1. The second-order valence-electron chi connectivity index (χ2n) is 6.03.